The van der Waals surface area contributed by atoms with E-state index in [4.69, 9.17) is 37.7 Å². The Hall–Kier alpha value is -3.34. The number of ether oxygens (including phenoxy) is 1. The molecule has 1 aromatic carbocycles. The molecule has 0 aliphatic heterocycles. The minimum Gasteiger partial charge on any atom is -0.453 e. The van der Waals surface area contributed by atoms with Gasteiger partial charge in [-0.05, 0) is 51.3 Å². The number of carbonyl (C=O) groups excluding carboxylic acids is 1. The lowest BCUT2D eigenvalue weighted by atomic mass is 10.1. The van der Waals surface area contributed by atoms with Gasteiger partial charge in [0.2, 0.25) is 5.95 Å². The molecule has 1 aliphatic rings. The van der Waals surface area contributed by atoms with Gasteiger partial charge in [0.15, 0.2) is 11.7 Å². The van der Waals surface area contributed by atoms with Gasteiger partial charge in [-0.15, -0.1) is 13.2 Å². The van der Waals surface area contributed by atoms with Crippen LogP contribution in [0, 0.1) is 0 Å². The highest BCUT2D eigenvalue weighted by atomic mass is 35.5. The number of amides is 1. The zero-order chi connectivity index (χ0) is 29.7. The molecule has 40 heavy (non-hydrogen) atoms. The van der Waals surface area contributed by atoms with Gasteiger partial charge in [0.25, 0.3) is 0 Å². The van der Waals surface area contributed by atoms with Crippen LogP contribution in [-0.2, 0) is 4.74 Å². The normalized spacial score (nSPS) is 12.7. The molecular formula is C28H38Cl2N6O4. The number of halogens is 2. The molecule has 4 rings (SSSR count). The summed E-state index contributed by atoms with van der Waals surface area (Å²) < 4.78 is 10.8. The van der Waals surface area contributed by atoms with Crippen LogP contribution in [0.5, 0.6) is 0 Å². The van der Waals surface area contributed by atoms with Crippen molar-refractivity contribution in [1.82, 2.24) is 20.3 Å². The summed E-state index contributed by atoms with van der Waals surface area (Å²) in [6.07, 6.45) is 4.16. The first-order valence-electron chi connectivity index (χ1n) is 13.1. The van der Waals surface area contributed by atoms with E-state index in [0.717, 1.165) is 31.5 Å². The second kappa shape index (κ2) is 16.7. The second-order valence-corrected chi connectivity index (χ2v) is 9.56. The standard InChI is InChI=1S/C24H28Cl2N6O3.C2H6O.C2H4/c1-4-8-27-18-11-15(25)10-16(19(18)26)20-21(35-22(32-20)14-5-6-14)17-7-9-28-23(31-17)29-12-13(2)30-24(33)34-3;1-2-3;1-2/h7,9-11,13-14,27H,4-6,8,12H2,1-3H3,(H,30,33)(H,28,29,31);3H,2H2,1H3;1-2H2/t13-;;/m0../s1. The number of anilines is 2. The Bertz CT molecular complexity index is 1240. The molecule has 1 aliphatic carbocycles. The summed E-state index contributed by atoms with van der Waals surface area (Å²) in [5, 5.41) is 17.8. The van der Waals surface area contributed by atoms with E-state index in [2.05, 4.69) is 50.7 Å². The van der Waals surface area contributed by atoms with E-state index >= 15 is 0 Å². The van der Waals surface area contributed by atoms with E-state index in [1.165, 1.54) is 7.11 Å². The molecule has 0 radical (unpaired) electrons. The molecule has 12 heteroatoms. The van der Waals surface area contributed by atoms with Crippen molar-refractivity contribution in [2.75, 3.05) is 37.4 Å². The summed E-state index contributed by atoms with van der Waals surface area (Å²) in [5.74, 6) is 1.85. The van der Waals surface area contributed by atoms with Gasteiger partial charge >= 0.3 is 6.09 Å². The van der Waals surface area contributed by atoms with Gasteiger partial charge in [-0.2, -0.15) is 0 Å². The third-order valence-electron chi connectivity index (χ3n) is 5.43. The predicted molar refractivity (Wildman–Crippen MR) is 161 cm³/mol. The molecule has 0 unspecified atom stereocenters. The second-order valence-electron chi connectivity index (χ2n) is 8.75. The van der Waals surface area contributed by atoms with Crippen molar-refractivity contribution in [3.63, 3.8) is 0 Å². The van der Waals surface area contributed by atoms with Crippen LogP contribution >= 0.6 is 23.2 Å². The van der Waals surface area contributed by atoms with Crippen molar-refractivity contribution in [2.45, 2.75) is 52.0 Å². The number of aliphatic hydroxyl groups is 1. The Morgan fingerprint density at radius 3 is 2.55 bits per heavy atom. The fourth-order valence-electron chi connectivity index (χ4n) is 3.47. The van der Waals surface area contributed by atoms with Gasteiger partial charge < -0.3 is 30.2 Å². The molecule has 4 N–H and O–H groups in total. The monoisotopic (exact) mass is 592 g/mol. The first-order valence-corrected chi connectivity index (χ1v) is 13.8. The molecule has 1 fully saturated rings. The summed E-state index contributed by atoms with van der Waals surface area (Å²) in [6.45, 7) is 13.0. The summed E-state index contributed by atoms with van der Waals surface area (Å²) >= 11 is 13.2. The highest BCUT2D eigenvalue weighted by Gasteiger charge is 2.32. The van der Waals surface area contributed by atoms with E-state index in [0.29, 0.717) is 57.1 Å². The van der Waals surface area contributed by atoms with Gasteiger partial charge in [-0.1, -0.05) is 30.1 Å². The van der Waals surface area contributed by atoms with Crippen molar-refractivity contribution in [3.05, 3.63) is 53.5 Å². The molecule has 1 atom stereocenters. The topological polar surface area (TPSA) is 134 Å². The van der Waals surface area contributed by atoms with Crippen LogP contribution in [0.1, 0.15) is 51.8 Å². The Balaban J connectivity index is 0.00000105. The molecule has 1 amide bonds. The zero-order valence-electron chi connectivity index (χ0n) is 23.4. The lowest BCUT2D eigenvalue weighted by Crippen LogP contribution is -2.37. The Labute approximate surface area is 245 Å². The molecular weight excluding hydrogens is 555 g/mol. The van der Waals surface area contributed by atoms with Crippen molar-refractivity contribution < 1.29 is 19.1 Å². The lowest BCUT2D eigenvalue weighted by molar-refractivity contribution is 0.168. The number of rotatable bonds is 10. The molecule has 2 heterocycles. The number of hydrogen-bond donors (Lipinski definition) is 4. The van der Waals surface area contributed by atoms with Gasteiger partial charge in [0, 0.05) is 48.4 Å². The maximum absolute atomic E-state index is 11.4. The molecule has 0 spiro atoms. The maximum Gasteiger partial charge on any atom is 0.407 e. The molecule has 1 saturated carbocycles. The first-order chi connectivity index (χ1) is 19.3. The van der Waals surface area contributed by atoms with Gasteiger partial charge in [0.05, 0.1) is 17.8 Å². The van der Waals surface area contributed by atoms with E-state index in [1.807, 2.05) is 6.92 Å². The van der Waals surface area contributed by atoms with Crippen LogP contribution in [0.3, 0.4) is 0 Å². The molecule has 2 aromatic heterocycles. The van der Waals surface area contributed by atoms with Crippen LogP contribution in [0.15, 0.2) is 42.0 Å². The largest absolute Gasteiger partial charge is 0.453 e. The van der Waals surface area contributed by atoms with Crippen molar-refractivity contribution in [1.29, 1.82) is 0 Å². The lowest BCUT2D eigenvalue weighted by Gasteiger charge is -2.14. The summed E-state index contributed by atoms with van der Waals surface area (Å²) in [4.78, 5) is 25.1. The number of alkyl carbamates (subject to hydrolysis) is 1. The molecule has 218 valence electrons. The smallest absolute Gasteiger partial charge is 0.407 e. The molecule has 10 nitrogen and oxygen atoms in total. The highest BCUT2D eigenvalue weighted by Crippen LogP contribution is 2.46. The third-order valence-corrected chi connectivity index (χ3v) is 6.06. The van der Waals surface area contributed by atoms with E-state index in [-0.39, 0.29) is 12.6 Å². The van der Waals surface area contributed by atoms with Gasteiger partial charge in [-0.25, -0.2) is 19.7 Å². The minimum atomic E-state index is -0.501. The van der Waals surface area contributed by atoms with Crippen molar-refractivity contribution in [2.24, 2.45) is 0 Å². The molecule has 3 aromatic rings. The van der Waals surface area contributed by atoms with E-state index in [9.17, 15) is 4.79 Å². The fraction of sp³-hybridized carbons (Fsp3) is 0.429. The average Bonchev–Trinajstić information content (AvgIpc) is 3.72. The zero-order valence-corrected chi connectivity index (χ0v) is 24.9. The maximum atomic E-state index is 11.4. The van der Waals surface area contributed by atoms with Crippen molar-refractivity contribution in [3.8, 4) is 22.7 Å². The van der Waals surface area contributed by atoms with Crippen LogP contribution in [0.4, 0.5) is 16.4 Å². The number of carbonyl (C=O) groups is 1. The van der Waals surface area contributed by atoms with Crippen LogP contribution in [-0.4, -0.2) is 59.0 Å². The highest BCUT2D eigenvalue weighted by molar-refractivity contribution is 6.38. The van der Waals surface area contributed by atoms with Gasteiger partial charge in [0.1, 0.15) is 11.4 Å². The van der Waals surface area contributed by atoms with E-state index < -0.39 is 6.09 Å². The minimum absolute atomic E-state index is 0.198. The number of methoxy groups -OCH3 is 1. The number of hydrogen-bond acceptors (Lipinski definition) is 9. The Kier molecular flexibility index (Phi) is 13.7. The van der Waals surface area contributed by atoms with Crippen LogP contribution in [0.2, 0.25) is 10.0 Å². The average molecular weight is 594 g/mol. The number of benzene rings is 1. The number of nitrogens with one attached hydrogen (secondary N) is 3. The Morgan fingerprint density at radius 2 is 1.93 bits per heavy atom. The predicted octanol–water partition coefficient (Wildman–Crippen LogP) is 6.76. The quantitative estimate of drug-likeness (QED) is 0.188. The Morgan fingerprint density at radius 1 is 1.23 bits per heavy atom. The van der Waals surface area contributed by atoms with Crippen LogP contribution in [0.25, 0.3) is 22.7 Å². The number of oxazole rings is 1. The van der Waals surface area contributed by atoms with Gasteiger partial charge in [-0.3, -0.25) is 0 Å². The number of nitrogens with zero attached hydrogens (tertiary/aromatic N) is 3. The van der Waals surface area contributed by atoms with E-state index in [1.54, 1.807) is 31.3 Å². The van der Waals surface area contributed by atoms with Crippen LogP contribution < -0.4 is 16.0 Å². The summed E-state index contributed by atoms with van der Waals surface area (Å²) in [5.41, 5.74) is 2.57. The SMILES string of the molecule is C=C.CCCNc1cc(Cl)cc(-c2nc(C3CC3)oc2-c2ccnc(NC[C@H](C)NC(=O)OC)n2)c1Cl.CCO. The molecule has 0 bridgehead atoms. The summed E-state index contributed by atoms with van der Waals surface area (Å²) in [6, 6.07) is 5.16. The third kappa shape index (κ3) is 9.39. The van der Waals surface area contributed by atoms with Crippen molar-refractivity contribution >= 4 is 40.9 Å². The number of aliphatic hydroxyl groups excluding tert-OH is 1. The number of aromatic nitrogens is 3. The fourth-order valence-corrected chi connectivity index (χ4v) is 3.96. The summed E-state index contributed by atoms with van der Waals surface area (Å²) in [7, 11) is 1.32. The molecule has 0 saturated heterocycles. The first kappa shape index (κ1) is 32.9.